The second kappa shape index (κ2) is 9.92. The molecule has 0 fully saturated rings. The van der Waals surface area contributed by atoms with Crippen LogP contribution in [-0.4, -0.2) is 22.5 Å². The van der Waals surface area contributed by atoms with E-state index in [1.165, 1.54) is 11.3 Å². The molecule has 0 spiro atoms. The molecule has 33 heavy (non-hydrogen) atoms. The lowest BCUT2D eigenvalue weighted by atomic mass is 9.91. The number of fused-ring (bicyclic) bond motifs is 1. The van der Waals surface area contributed by atoms with Crippen molar-refractivity contribution in [2.75, 3.05) is 0 Å². The molecule has 4 rings (SSSR count). The maximum atomic E-state index is 13.5. The highest BCUT2D eigenvalue weighted by Gasteiger charge is 2.37. The van der Waals surface area contributed by atoms with E-state index in [1.54, 1.807) is 6.92 Å². The lowest BCUT2D eigenvalue weighted by Gasteiger charge is -2.31. The van der Waals surface area contributed by atoms with E-state index in [4.69, 9.17) is 4.74 Å². The van der Waals surface area contributed by atoms with Crippen LogP contribution in [0.2, 0.25) is 0 Å². The minimum absolute atomic E-state index is 0.153. The fourth-order valence-electron chi connectivity index (χ4n) is 3.81. The first kappa shape index (κ1) is 22.6. The second-order valence-electron chi connectivity index (χ2n) is 8.31. The summed E-state index contributed by atoms with van der Waals surface area (Å²) in [5.74, 6) is -0.281. The first-order valence-electron chi connectivity index (χ1n) is 10.8. The van der Waals surface area contributed by atoms with Gasteiger partial charge in [0.05, 0.1) is 6.04 Å². The maximum absolute atomic E-state index is 13.5. The van der Waals surface area contributed by atoms with Crippen LogP contribution in [0.25, 0.3) is 10.9 Å². The molecule has 2 heterocycles. The third kappa shape index (κ3) is 5.43. The van der Waals surface area contributed by atoms with Crippen molar-refractivity contribution in [3.63, 3.8) is 0 Å². The Hall–Kier alpha value is -3.58. The van der Waals surface area contributed by atoms with Gasteiger partial charge in [0.2, 0.25) is 5.91 Å². The van der Waals surface area contributed by atoms with Crippen molar-refractivity contribution >= 4 is 34.2 Å². The van der Waals surface area contributed by atoms with Crippen LogP contribution in [0, 0.1) is 0 Å². The van der Waals surface area contributed by atoms with Crippen LogP contribution < -0.4 is 10.6 Å². The number of benzene rings is 2. The summed E-state index contributed by atoms with van der Waals surface area (Å²) >= 11 is 1.54. The predicted molar refractivity (Wildman–Crippen MR) is 131 cm³/mol. The number of rotatable bonds is 8. The fraction of sp³-hybridized carbons (Fsp3) is 0.231. The van der Waals surface area contributed by atoms with E-state index in [1.807, 2.05) is 84.5 Å². The number of aromatic nitrogens is 1. The minimum Gasteiger partial charge on any atom is -0.445 e. The van der Waals surface area contributed by atoms with E-state index in [0.717, 1.165) is 27.6 Å². The molecule has 0 radical (unpaired) electrons. The molecule has 2 aromatic heterocycles. The SMILES string of the molecule is C[C@H](NC(=O)[C@@](C)(Cc1c[nH]c2ccccc12)NC(=O)OCc1ccsc1)c1ccccc1. The van der Waals surface area contributed by atoms with Gasteiger partial charge in [0.25, 0.3) is 0 Å². The molecule has 0 aliphatic rings. The molecule has 0 aliphatic heterocycles. The van der Waals surface area contributed by atoms with Gasteiger partial charge in [0.1, 0.15) is 12.1 Å². The van der Waals surface area contributed by atoms with Crippen molar-refractivity contribution in [3.05, 3.63) is 94.3 Å². The summed E-state index contributed by atoms with van der Waals surface area (Å²) in [6.45, 7) is 3.81. The van der Waals surface area contributed by atoms with Crippen molar-refractivity contribution < 1.29 is 14.3 Å². The van der Waals surface area contributed by atoms with E-state index in [0.29, 0.717) is 6.42 Å². The van der Waals surface area contributed by atoms with Gasteiger partial charge in [0, 0.05) is 29.1 Å². The molecule has 0 aliphatic carbocycles. The summed E-state index contributed by atoms with van der Waals surface area (Å²) in [7, 11) is 0. The van der Waals surface area contributed by atoms with Crippen LogP contribution in [0.5, 0.6) is 0 Å². The molecule has 0 saturated heterocycles. The Labute approximate surface area is 197 Å². The summed E-state index contributed by atoms with van der Waals surface area (Å²) in [5, 5.41) is 10.8. The molecule has 2 aromatic carbocycles. The van der Waals surface area contributed by atoms with Crippen molar-refractivity contribution in [2.45, 2.75) is 38.5 Å². The standard InChI is InChI=1S/C26H27N3O3S/c1-18(20-8-4-3-5-9-20)28-24(30)26(2,29-25(31)32-16-19-12-13-33-17-19)14-21-15-27-23-11-7-6-10-22(21)23/h3-13,15,17-18,27H,14,16H2,1-2H3,(H,28,30)(H,29,31)/t18-,26+/m0/s1. The molecular formula is C26H27N3O3S. The molecule has 0 bridgehead atoms. The predicted octanol–water partition coefficient (Wildman–Crippen LogP) is 5.33. The van der Waals surface area contributed by atoms with Gasteiger partial charge >= 0.3 is 6.09 Å². The van der Waals surface area contributed by atoms with E-state index >= 15 is 0 Å². The van der Waals surface area contributed by atoms with E-state index in [2.05, 4.69) is 15.6 Å². The second-order valence-corrected chi connectivity index (χ2v) is 9.09. The number of aromatic amines is 1. The van der Waals surface area contributed by atoms with Crippen LogP contribution in [0.15, 0.2) is 77.6 Å². The number of nitrogens with one attached hydrogen (secondary N) is 3. The summed E-state index contributed by atoms with van der Waals surface area (Å²) < 4.78 is 5.40. The molecule has 3 N–H and O–H groups in total. The quantitative estimate of drug-likeness (QED) is 0.331. The van der Waals surface area contributed by atoms with Gasteiger partial charge in [-0.3, -0.25) is 4.79 Å². The first-order valence-corrected chi connectivity index (χ1v) is 11.8. The molecule has 2 amide bonds. The largest absolute Gasteiger partial charge is 0.445 e. The van der Waals surface area contributed by atoms with Crippen molar-refractivity contribution in [3.8, 4) is 0 Å². The van der Waals surface area contributed by atoms with Gasteiger partial charge in [-0.2, -0.15) is 11.3 Å². The van der Waals surface area contributed by atoms with Crippen LogP contribution in [0.3, 0.4) is 0 Å². The summed E-state index contributed by atoms with van der Waals surface area (Å²) in [6, 6.07) is 19.3. The average Bonchev–Trinajstić information content (AvgIpc) is 3.48. The Bertz CT molecular complexity index is 1220. The van der Waals surface area contributed by atoms with E-state index < -0.39 is 11.6 Å². The normalized spacial score (nSPS) is 13.8. The van der Waals surface area contributed by atoms with Gasteiger partial charge < -0.3 is 20.4 Å². The zero-order valence-corrected chi connectivity index (χ0v) is 19.4. The number of hydrogen-bond acceptors (Lipinski definition) is 4. The maximum Gasteiger partial charge on any atom is 0.408 e. The number of H-pyrrole nitrogens is 1. The van der Waals surface area contributed by atoms with Crippen LogP contribution in [0.1, 0.15) is 36.6 Å². The lowest BCUT2D eigenvalue weighted by Crippen LogP contribution is -2.58. The van der Waals surface area contributed by atoms with Crippen LogP contribution in [-0.2, 0) is 22.6 Å². The Morgan fingerprint density at radius 1 is 1.09 bits per heavy atom. The topological polar surface area (TPSA) is 83.2 Å². The van der Waals surface area contributed by atoms with Gasteiger partial charge in [0.15, 0.2) is 0 Å². The van der Waals surface area contributed by atoms with Gasteiger partial charge in [-0.1, -0.05) is 48.5 Å². The van der Waals surface area contributed by atoms with Crippen molar-refractivity contribution in [1.29, 1.82) is 0 Å². The number of hydrogen-bond donors (Lipinski definition) is 3. The van der Waals surface area contributed by atoms with Gasteiger partial charge in [-0.25, -0.2) is 4.79 Å². The van der Waals surface area contributed by atoms with Crippen molar-refractivity contribution in [2.24, 2.45) is 0 Å². The van der Waals surface area contributed by atoms with E-state index in [9.17, 15) is 9.59 Å². The fourth-order valence-corrected chi connectivity index (χ4v) is 4.46. The molecule has 4 aromatic rings. The summed E-state index contributed by atoms with van der Waals surface area (Å²) in [6.07, 6.45) is 1.55. The molecular weight excluding hydrogens is 434 g/mol. The Morgan fingerprint density at radius 3 is 2.61 bits per heavy atom. The van der Waals surface area contributed by atoms with Crippen molar-refractivity contribution in [1.82, 2.24) is 15.6 Å². The first-order chi connectivity index (χ1) is 15.9. The number of carbonyl (C=O) groups excluding carboxylic acids is 2. The number of carbonyl (C=O) groups is 2. The monoisotopic (exact) mass is 461 g/mol. The molecule has 0 unspecified atom stereocenters. The molecule has 7 heteroatoms. The highest BCUT2D eigenvalue weighted by Crippen LogP contribution is 2.24. The van der Waals surface area contributed by atoms with Crippen LogP contribution in [0.4, 0.5) is 4.79 Å². The molecule has 170 valence electrons. The number of amides is 2. The Balaban J connectivity index is 1.54. The third-order valence-corrected chi connectivity index (χ3v) is 6.43. The smallest absolute Gasteiger partial charge is 0.408 e. The Kier molecular flexibility index (Phi) is 6.79. The summed E-state index contributed by atoms with van der Waals surface area (Å²) in [4.78, 5) is 29.4. The molecule has 2 atom stereocenters. The number of alkyl carbamates (subject to hydrolysis) is 1. The zero-order valence-electron chi connectivity index (χ0n) is 18.6. The highest BCUT2D eigenvalue weighted by molar-refractivity contribution is 7.07. The average molecular weight is 462 g/mol. The minimum atomic E-state index is -1.22. The molecule has 0 saturated carbocycles. The van der Waals surface area contributed by atoms with E-state index in [-0.39, 0.29) is 18.6 Å². The number of ether oxygens (including phenoxy) is 1. The third-order valence-electron chi connectivity index (χ3n) is 5.70. The highest BCUT2D eigenvalue weighted by atomic mass is 32.1. The zero-order chi connectivity index (χ0) is 23.3. The number of para-hydroxylation sites is 1. The molecule has 6 nitrogen and oxygen atoms in total. The van der Waals surface area contributed by atoms with Gasteiger partial charge in [-0.05, 0) is 47.9 Å². The number of thiophene rings is 1. The Morgan fingerprint density at radius 2 is 1.85 bits per heavy atom. The summed E-state index contributed by atoms with van der Waals surface area (Å²) in [5.41, 5.74) is 2.59. The lowest BCUT2D eigenvalue weighted by molar-refractivity contribution is -0.127. The van der Waals surface area contributed by atoms with Gasteiger partial charge in [-0.15, -0.1) is 0 Å². The van der Waals surface area contributed by atoms with Crippen LogP contribution >= 0.6 is 11.3 Å².